The van der Waals surface area contributed by atoms with Crippen molar-refractivity contribution in [3.8, 4) is 11.8 Å². The molecule has 0 spiro atoms. The van der Waals surface area contributed by atoms with Gasteiger partial charge in [0.1, 0.15) is 18.0 Å². The largest absolute Gasteiger partial charge is 0.490 e. The van der Waals surface area contributed by atoms with E-state index in [9.17, 15) is 20.0 Å². The molecule has 0 unspecified atom stereocenters. The van der Waals surface area contributed by atoms with Crippen molar-refractivity contribution < 1.29 is 24.3 Å². The van der Waals surface area contributed by atoms with E-state index < -0.39 is 4.92 Å². The number of aliphatic hydroxyl groups is 1. The Balaban J connectivity index is 1.58. The van der Waals surface area contributed by atoms with Gasteiger partial charge in [-0.3, -0.25) is 19.9 Å². The summed E-state index contributed by atoms with van der Waals surface area (Å²) in [5.74, 6) is 0.124. The van der Waals surface area contributed by atoms with E-state index in [1.807, 2.05) is 12.1 Å². The standard InChI is InChI=1S/C26H30N6O6/c1-31(15-17-6-11-23(37-2)22(13-17)32(35)36)24-21(25(34)29-18-7-9-20(33)10-8-18)14-28-26(30-24)38-16-19-5-3-4-12-27-19/h3-6,11-14,18,20,33H,7-10,15-16H2,1-2H3,(H,29,34). The number of amides is 1. The molecule has 0 aliphatic heterocycles. The molecular weight excluding hydrogens is 492 g/mol. The van der Waals surface area contributed by atoms with E-state index in [0.29, 0.717) is 42.8 Å². The number of ether oxygens (including phenoxy) is 2. The van der Waals surface area contributed by atoms with E-state index in [2.05, 4.69) is 20.3 Å². The summed E-state index contributed by atoms with van der Waals surface area (Å²) in [6, 6.07) is 10.1. The third-order valence-electron chi connectivity index (χ3n) is 6.32. The number of nitrogens with one attached hydrogen (secondary N) is 1. The highest BCUT2D eigenvalue weighted by atomic mass is 16.6. The molecule has 0 saturated heterocycles. The normalized spacial score (nSPS) is 16.9. The van der Waals surface area contributed by atoms with Crippen molar-refractivity contribution in [3.05, 3.63) is 75.7 Å². The molecule has 1 saturated carbocycles. The van der Waals surface area contributed by atoms with Crippen LogP contribution >= 0.6 is 0 Å². The highest BCUT2D eigenvalue weighted by Gasteiger charge is 2.25. The van der Waals surface area contributed by atoms with Crippen LogP contribution in [-0.2, 0) is 13.2 Å². The summed E-state index contributed by atoms with van der Waals surface area (Å²) in [5.41, 5.74) is 1.41. The fourth-order valence-corrected chi connectivity index (χ4v) is 4.31. The van der Waals surface area contributed by atoms with Crippen LogP contribution in [0.15, 0.2) is 48.8 Å². The Hall–Kier alpha value is -4.32. The first kappa shape index (κ1) is 26.7. The van der Waals surface area contributed by atoms with Crippen LogP contribution < -0.4 is 19.7 Å². The van der Waals surface area contributed by atoms with Gasteiger partial charge in [0.25, 0.3) is 5.91 Å². The third kappa shape index (κ3) is 6.71. The van der Waals surface area contributed by atoms with E-state index >= 15 is 0 Å². The second kappa shape index (κ2) is 12.3. The van der Waals surface area contributed by atoms with Crippen molar-refractivity contribution in [1.29, 1.82) is 0 Å². The monoisotopic (exact) mass is 522 g/mol. The first-order valence-corrected chi connectivity index (χ1v) is 12.2. The minimum Gasteiger partial charge on any atom is -0.490 e. The van der Waals surface area contributed by atoms with Crippen LogP contribution in [0.4, 0.5) is 11.5 Å². The van der Waals surface area contributed by atoms with E-state index in [1.54, 1.807) is 30.3 Å². The fraction of sp³-hybridized carbons (Fsp3) is 0.385. The van der Waals surface area contributed by atoms with E-state index in [0.717, 1.165) is 0 Å². The third-order valence-corrected chi connectivity index (χ3v) is 6.32. The lowest BCUT2D eigenvalue weighted by molar-refractivity contribution is -0.385. The number of methoxy groups -OCH3 is 1. The molecule has 1 amide bonds. The molecule has 2 aromatic heterocycles. The van der Waals surface area contributed by atoms with Crippen molar-refractivity contribution in [2.75, 3.05) is 19.1 Å². The van der Waals surface area contributed by atoms with Gasteiger partial charge in [-0.2, -0.15) is 4.98 Å². The molecule has 0 bridgehead atoms. The summed E-state index contributed by atoms with van der Waals surface area (Å²) in [6.45, 7) is 0.363. The summed E-state index contributed by atoms with van der Waals surface area (Å²) in [7, 11) is 3.11. The molecule has 4 rings (SSSR count). The first-order chi connectivity index (χ1) is 18.3. The van der Waals surface area contributed by atoms with Gasteiger partial charge in [0, 0.05) is 38.1 Å². The Morgan fingerprint density at radius 2 is 2.00 bits per heavy atom. The minimum absolute atomic E-state index is 0.0617. The first-order valence-electron chi connectivity index (χ1n) is 12.2. The Bertz CT molecular complexity index is 1270. The number of aliphatic hydroxyl groups excluding tert-OH is 1. The zero-order valence-corrected chi connectivity index (χ0v) is 21.2. The molecule has 0 radical (unpaired) electrons. The average Bonchev–Trinajstić information content (AvgIpc) is 2.93. The Labute approximate surface area is 219 Å². The number of nitro benzene ring substituents is 1. The minimum atomic E-state index is -0.503. The van der Waals surface area contributed by atoms with Crippen molar-refractivity contribution >= 4 is 17.4 Å². The summed E-state index contributed by atoms with van der Waals surface area (Å²) >= 11 is 0. The second-order valence-corrected chi connectivity index (χ2v) is 9.10. The van der Waals surface area contributed by atoms with Gasteiger partial charge in [-0.1, -0.05) is 12.1 Å². The van der Waals surface area contributed by atoms with Crippen LogP contribution in [0, 0.1) is 10.1 Å². The zero-order chi connectivity index (χ0) is 27.1. The van der Waals surface area contributed by atoms with Crippen molar-refractivity contribution in [1.82, 2.24) is 20.3 Å². The predicted octanol–water partition coefficient (Wildman–Crippen LogP) is 3.04. The van der Waals surface area contributed by atoms with Crippen molar-refractivity contribution in [2.45, 2.75) is 51.0 Å². The van der Waals surface area contributed by atoms with E-state index in [1.165, 1.54) is 25.4 Å². The number of aromatic nitrogens is 3. The number of anilines is 1. The van der Waals surface area contributed by atoms with Crippen LogP contribution in [0.5, 0.6) is 11.8 Å². The Morgan fingerprint density at radius 1 is 1.21 bits per heavy atom. The quantitative estimate of drug-likeness (QED) is 0.300. The number of nitrogens with zero attached hydrogens (tertiary/aromatic N) is 5. The summed E-state index contributed by atoms with van der Waals surface area (Å²) in [4.78, 5) is 38.9. The summed E-state index contributed by atoms with van der Waals surface area (Å²) in [6.07, 6.45) is 5.35. The van der Waals surface area contributed by atoms with Crippen LogP contribution in [0.2, 0.25) is 0 Å². The van der Waals surface area contributed by atoms with Gasteiger partial charge in [0.15, 0.2) is 5.75 Å². The van der Waals surface area contributed by atoms with Crippen LogP contribution in [-0.4, -0.2) is 57.2 Å². The molecule has 3 aromatic rings. The number of benzene rings is 1. The fourth-order valence-electron chi connectivity index (χ4n) is 4.31. The molecular formula is C26H30N6O6. The maximum Gasteiger partial charge on any atom is 0.318 e. The Kier molecular flexibility index (Phi) is 8.64. The molecule has 38 heavy (non-hydrogen) atoms. The number of hydrogen-bond donors (Lipinski definition) is 2. The van der Waals surface area contributed by atoms with Crippen LogP contribution in [0.1, 0.15) is 47.3 Å². The predicted molar refractivity (Wildman–Crippen MR) is 138 cm³/mol. The SMILES string of the molecule is COc1ccc(CN(C)c2nc(OCc3ccccn3)ncc2C(=O)NC2CCC(O)CC2)cc1[N+](=O)[O-]. The van der Waals surface area contributed by atoms with Gasteiger partial charge in [-0.05, 0) is 49.4 Å². The molecule has 12 nitrogen and oxygen atoms in total. The number of carbonyl (C=O) groups excluding carboxylic acids is 1. The highest BCUT2D eigenvalue weighted by Crippen LogP contribution is 2.29. The molecule has 200 valence electrons. The van der Waals surface area contributed by atoms with Crippen LogP contribution in [0.3, 0.4) is 0 Å². The number of rotatable bonds is 10. The number of pyridine rings is 1. The summed E-state index contributed by atoms with van der Waals surface area (Å²) < 4.78 is 10.8. The number of nitro groups is 1. The molecule has 2 heterocycles. The molecule has 0 atom stereocenters. The maximum absolute atomic E-state index is 13.3. The summed E-state index contributed by atoms with van der Waals surface area (Å²) in [5, 5.41) is 24.3. The van der Waals surface area contributed by atoms with E-state index in [4.69, 9.17) is 9.47 Å². The van der Waals surface area contributed by atoms with Gasteiger partial charge in [0.05, 0.1) is 23.8 Å². The van der Waals surface area contributed by atoms with Gasteiger partial charge < -0.3 is 24.8 Å². The van der Waals surface area contributed by atoms with Gasteiger partial charge in [-0.15, -0.1) is 0 Å². The van der Waals surface area contributed by atoms with Crippen LogP contribution in [0.25, 0.3) is 0 Å². The molecule has 1 aliphatic carbocycles. The second-order valence-electron chi connectivity index (χ2n) is 9.10. The zero-order valence-electron chi connectivity index (χ0n) is 21.2. The number of hydrogen-bond acceptors (Lipinski definition) is 10. The van der Waals surface area contributed by atoms with Gasteiger partial charge in [-0.25, -0.2) is 4.98 Å². The topological polar surface area (TPSA) is 153 Å². The van der Waals surface area contributed by atoms with Gasteiger partial charge in [0.2, 0.25) is 0 Å². The lowest BCUT2D eigenvalue weighted by Gasteiger charge is -2.27. The van der Waals surface area contributed by atoms with Crippen molar-refractivity contribution in [3.63, 3.8) is 0 Å². The average molecular weight is 523 g/mol. The lowest BCUT2D eigenvalue weighted by Crippen LogP contribution is -2.39. The van der Waals surface area contributed by atoms with Crippen molar-refractivity contribution in [2.24, 2.45) is 0 Å². The van der Waals surface area contributed by atoms with Gasteiger partial charge >= 0.3 is 11.7 Å². The molecule has 1 fully saturated rings. The number of carbonyl (C=O) groups is 1. The lowest BCUT2D eigenvalue weighted by atomic mass is 9.93. The maximum atomic E-state index is 13.3. The molecule has 2 N–H and O–H groups in total. The molecule has 1 aromatic carbocycles. The molecule has 12 heteroatoms. The smallest absolute Gasteiger partial charge is 0.318 e. The highest BCUT2D eigenvalue weighted by molar-refractivity contribution is 5.98. The Morgan fingerprint density at radius 3 is 2.68 bits per heavy atom. The molecule has 1 aliphatic rings. The van der Waals surface area contributed by atoms with E-state index in [-0.39, 0.29) is 54.2 Å².